The van der Waals surface area contributed by atoms with Crippen molar-refractivity contribution in [3.8, 4) is 5.75 Å². The Morgan fingerprint density at radius 2 is 2.14 bits per heavy atom. The fourth-order valence-electron chi connectivity index (χ4n) is 2.36. The highest BCUT2D eigenvalue weighted by molar-refractivity contribution is 5.93. The lowest BCUT2D eigenvalue weighted by molar-refractivity contribution is -0.141. The van der Waals surface area contributed by atoms with Crippen molar-refractivity contribution in [3.63, 3.8) is 0 Å². The highest BCUT2D eigenvalue weighted by Gasteiger charge is 2.39. The summed E-state index contributed by atoms with van der Waals surface area (Å²) >= 11 is 0. The van der Waals surface area contributed by atoms with Gasteiger partial charge in [0.25, 0.3) is 0 Å². The number of hydrogen-bond donors (Lipinski definition) is 3. The van der Waals surface area contributed by atoms with Crippen LogP contribution in [-0.2, 0) is 4.79 Å². The molecule has 0 aliphatic carbocycles. The number of aliphatic hydroxyl groups is 1. The van der Waals surface area contributed by atoms with E-state index in [2.05, 4.69) is 5.32 Å². The Hall–Kier alpha value is -2.28. The molecule has 0 spiro atoms. The molecular formula is C14H18N2O5. The zero-order chi connectivity index (χ0) is 15.6. The Labute approximate surface area is 122 Å². The number of nitrogens with one attached hydrogen (secondary N) is 1. The average Bonchev–Trinajstić information content (AvgIpc) is 2.83. The summed E-state index contributed by atoms with van der Waals surface area (Å²) in [5, 5.41) is 21.3. The highest BCUT2D eigenvalue weighted by atomic mass is 16.5. The second-order valence-corrected chi connectivity index (χ2v) is 5.01. The number of urea groups is 1. The van der Waals surface area contributed by atoms with Gasteiger partial charge in [-0.15, -0.1) is 0 Å². The van der Waals surface area contributed by atoms with Gasteiger partial charge >= 0.3 is 12.0 Å². The molecule has 0 bridgehead atoms. The third-order valence-electron chi connectivity index (χ3n) is 3.50. The van der Waals surface area contributed by atoms with Crippen LogP contribution in [0.3, 0.4) is 0 Å². The van der Waals surface area contributed by atoms with Gasteiger partial charge in [-0.25, -0.2) is 9.59 Å². The first-order chi connectivity index (χ1) is 9.92. The number of aryl methyl sites for hydroxylation is 1. The van der Waals surface area contributed by atoms with Crippen LogP contribution in [0, 0.1) is 6.92 Å². The molecule has 0 saturated carbocycles. The van der Waals surface area contributed by atoms with Crippen LogP contribution in [0.15, 0.2) is 18.2 Å². The van der Waals surface area contributed by atoms with Gasteiger partial charge in [-0.05, 0) is 30.7 Å². The molecule has 1 heterocycles. The number of aliphatic carboxylic acids is 1. The zero-order valence-electron chi connectivity index (χ0n) is 11.9. The second-order valence-electron chi connectivity index (χ2n) is 5.01. The molecule has 2 amide bonds. The van der Waals surface area contributed by atoms with Crippen LogP contribution >= 0.6 is 0 Å². The van der Waals surface area contributed by atoms with E-state index in [9.17, 15) is 14.7 Å². The largest absolute Gasteiger partial charge is 0.497 e. The molecule has 7 heteroatoms. The van der Waals surface area contributed by atoms with Crippen molar-refractivity contribution in [2.45, 2.75) is 25.5 Å². The van der Waals surface area contributed by atoms with E-state index in [4.69, 9.17) is 9.84 Å². The number of carboxylic acids is 1. The Morgan fingerprint density at radius 3 is 2.71 bits per heavy atom. The van der Waals surface area contributed by atoms with Crippen LogP contribution in [0.25, 0.3) is 0 Å². The van der Waals surface area contributed by atoms with Crippen LogP contribution in [0.5, 0.6) is 5.75 Å². The van der Waals surface area contributed by atoms with Crippen LogP contribution in [-0.4, -0.2) is 52.9 Å². The molecule has 2 unspecified atom stereocenters. The summed E-state index contributed by atoms with van der Waals surface area (Å²) in [6.45, 7) is 1.82. The van der Waals surface area contributed by atoms with Gasteiger partial charge in [-0.2, -0.15) is 0 Å². The summed E-state index contributed by atoms with van der Waals surface area (Å²) in [6, 6.07) is 3.62. The quantitative estimate of drug-likeness (QED) is 0.774. The van der Waals surface area contributed by atoms with E-state index >= 15 is 0 Å². The number of rotatable bonds is 3. The molecule has 21 heavy (non-hydrogen) atoms. The number of benzene rings is 1. The molecule has 0 radical (unpaired) electrons. The van der Waals surface area contributed by atoms with E-state index in [1.807, 2.05) is 6.92 Å². The van der Waals surface area contributed by atoms with Gasteiger partial charge < -0.3 is 25.2 Å². The lowest BCUT2D eigenvalue weighted by Crippen LogP contribution is -2.43. The first kappa shape index (κ1) is 15.1. The Bertz CT molecular complexity index is 560. The molecule has 1 aromatic rings. The van der Waals surface area contributed by atoms with E-state index in [0.717, 1.165) is 10.5 Å². The van der Waals surface area contributed by atoms with Gasteiger partial charge in [0.05, 0.1) is 13.2 Å². The summed E-state index contributed by atoms with van der Waals surface area (Å²) in [5.74, 6) is -0.446. The number of hydrogen-bond acceptors (Lipinski definition) is 4. The fourth-order valence-corrected chi connectivity index (χ4v) is 2.36. The Morgan fingerprint density at radius 1 is 1.43 bits per heavy atom. The number of aliphatic hydroxyl groups excluding tert-OH is 1. The molecule has 7 nitrogen and oxygen atoms in total. The number of carbonyl (C=O) groups is 2. The molecule has 0 aromatic heterocycles. The van der Waals surface area contributed by atoms with Gasteiger partial charge in [0.2, 0.25) is 0 Å². The number of carboxylic acid groups (broad SMARTS) is 1. The maximum atomic E-state index is 12.2. The number of carbonyl (C=O) groups excluding carboxylic acids is 1. The summed E-state index contributed by atoms with van der Waals surface area (Å²) < 4.78 is 5.08. The van der Waals surface area contributed by atoms with E-state index in [1.54, 1.807) is 25.3 Å². The van der Waals surface area contributed by atoms with Crippen molar-refractivity contribution in [3.05, 3.63) is 23.8 Å². The summed E-state index contributed by atoms with van der Waals surface area (Å²) in [7, 11) is 1.55. The van der Waals surface area contributed by atoms with E-state index in [-0.39, 0.29) is 13.0 Å². The van der Waals surface area contributed by atoms with Gasteiger partial charge in [0.15, 0.2) is 0 Å². The van der Waals surface area contributed by atoms with Crippen LogP contribution < -0.4 is 10.1 Å². The number of amides is 2. The van der Waals surface area contributed by atoms with E-state index < -0.39 is 24.1 Å². The third-order valence-corrected chi connectivity index (χ3v) is 3.50. The number of methoxy groups -OCH3 is 1. The van der Waals surface area contributed by atoms with Gasteiger partial charge in [0, 0.05) is 18.7 Å². The predicted molar refractivity (Wildman–Crippen MR) is 75.5 cm³/mol. The smallest absolute Gasteiger partial charge is 0.326 e. The predicted octanol–water partition coefficient (Wildman–Crippen LogP) is 1.06. The molecule has 3 N–H and O–H groups in total. The highest BCUT2D eigenvalue weighted by Crippen LogP contribution is 2.23. The van der Waals surface area contributed by atoms with Gasteiger partial charge in [0.1, 0.15) is 11.8 Å². The van der Waals surface area contributed by atoms with Crippen molar-refractivity contribution in [1.29, 1.82) is 0 Å². The molecule has 1 fully saturated rings. The molecule has 114 valence electrons. The second kappa shape index (κ2) is 6.01. The number of anilines is 1. The van der Waals surface area contributed by atoms with Gasteiger partial charge in [-0.1, -0.05) is 0 Å². The van der Waals surface area contributed by atoms with Crippen LogP contribution in [0.4, 0.5) is 10.5 Å². The van der Waals surface area contributed by atoms with Gasteiger partial charge in [-0.3, -0.25) is 0 Å². The molecule has 1 aliphatic heterocycles. The standard InChI is InChI=1S/C14H18N2O5/c1-8-5-10(21-2)3-4-11(8)15-14(20)16-7-9(17)6-12(16)13(18)19/h3-5,9,12,17H,6-7H2,1-2H3,(H,15,20)(H,18,19). The normalized spacial score (nSPS) is 21.2. The molecule has 2 rings (SSSR count). The molecule has 1 aliphatic rings. The number of ether oxygens (including phenoxy) is 1. The first-order valence-electron chi connectivity index (χ1n) is 6.55. The van der Waals surface area contributed by atoms with Crippen molar-refractivity contribution < 1.29 is 24.5 Å². The lowest BCUT2D eigenvalue weighted by atomic mass is 10.2. The average molecular weight is 294 g/mol. The van der Waals surface area contributed by atoms with Crippen molar-refractivity contribution in [2.75, 3.05) is 19.0 Å². The molecule has 1 aromatic carbocycles. The molecule has 1 saturated heterocycles. The van der Waals surface area contributed by atoms with E-state index in [0.29, 0.717) is 11.4 Å². The summed E-state index contributed by atoms with van der Waals surface area (Å²) in [5.41, 5.74) is 1.38. The van der Waals surface area contributed by atoms with Crippen LogP contribution in [0.1, 0.15) is 12.0 Å². The lowest BCUT2D eigenvalue weighted by Gasteiger charge is -2.22. The van der Waals surface area contributed by atoms with Crippen molar-refractivity contribution in [1.82, 2.24) is 4.90 Å². The number of nitrogens with zero attached hydrogens (tertiary/aromatic N) is 1. The summed E-state index contributed by atoms with van der Waals surface area (Å²) in [6.07, 6.45) is -0.765. The maximum Gasteiger partial charge on any atom is 0.326 e. The maximum absolute atomic E-state index is 12.2. The fraction of sp³-hybridized carbons (Fsp3) is 0.429. The van der Waals surface area contributed by atoms with Crippen molar-refractivity contribution in [2.24, 2.45) is 0 Å². The zero-order valence-corrected chi connectivity index (χ0v) is 11.9. The minimum atomic E-state index is -1.12. The SMILES string of the molecule is COc1ccc(NC(=O)N2CC(O)CC2C(=O)O)c(C)c1. The molecular weight excluding hydrogens is 276 g/mol. The molecule has 2 atom stereocenters. The Kier molecular flexibility index (Phi) is 4.32. The summed E-state index contributed by atoms with van der Waals surface area (Å²) in [4.78, 5) is 24.4. The number of likely N-dealkylation sites (tertiary alicyclic amines) is 1. The minimum Gasteiger partial charge on any atom is -0.497 e. The monoisotopic (exact) mass is 294 g/mol. The first-order valence-corrected chi connectivity index (χ1v) is 6.55. The third kappa shape index (κ3) is 3.25. The van der Waals surface area contributed by atoms with Crippen molar-refractivity contribution >= 4 is 17.7 Å². The number of β-amino-alcohol motifs (C(OH)–C–C–N with tert-alkyl or cyclic N) is 1. The van der Waals surface area contributed by atoms with E-state index in [1.165, 1.54) is 0 Å². The topological polar surface area (TPSA) is 99.1 Å². The van der Waals surface area contributed by atoms with Crippen LogP contribution in [0.2, 0.25) is 0 Å². The minimum absolute atomic E-state index is 0.0119. The Balaban J connectivity index is 2.12.